The minimum absolute atomic E-state index is 0.160. The maximum atomic E-state index is 10.8. The fraction of sp³-hybridized carbons (Fsp3) is 0.222. The van der Waals surface area contributed by atoms with E-state index in [1.165, 1.54) is 0 Å². The van der Waals surface area contributed by atoms with E-state index in [-0.39, 0.29) is 5.91 Å². The minimum Gasteiger partial charge on any atom is -0.398 e. The summed E-state index contributed by atoms with van der Waals surface area (Å²) in [6.07, 6.45) is 0.398. The molecule has 0 atom stereocenters. The van der Waals surface area contributed by atoms with Crippen molar-refractivity contribution in [3.63, 3.8) is 0 Å². The van der Waals surface area contributed by atoms with Gasteiger partial charge in [-0.3, -0.25) is 10.2 Å². The van der Waals surface area contributed by atoms with Crippen molar-refractivity contribution in [1.82, 2.24) is 5.43 Å². The zero-order chi connectivity index (χ0) is 10.4. The number of nitrogens with two attached hydrogens (primary N) is 2. The van der Waals surface area contributed by atoms with Crippen LogP contribution in [-0.4, -0.2) is 11.7 Å². The first-order chi connectivity index (χ1) is 6.74. The number of thioether (sulfide) groups is 1. The van der Waals surface area contributed by atoms with E-state index in [2.05, 4.69) is 5.43 Å². The summed E-state index contributed by atoms with van der Waals surface area (Å²) < 4.78 is 0. The van der Waals surface area contributed by atoms with Gasteiger partial charge in [-0.1, -0.05) is 12.1 Å². The van der Waals surface area contributed by atoms with Crippen LogP contribution in [0, 0.1) is 0 Å². The fourth-order valence-corrected chi connectivity index (χ4v) is 1.85. The number of amides is 1. The molecule has 5 N–H and O–H groups in total. The van der Waals surface area contributed by atoms with E-state index in [1.54, 1.807) is 11.8 Å². The lowest BCUT2D eigenvalue weighted by Gasteiger charge is -2.03. The summed E-state index contributed by atoms with van der Waals surface area (Å²) in [6.45, 7) is 0. The molecule has 1 aromatic rings. The Kier molecular flexibility index (Phi) is 4.28. The molecule has 0 saturated carbocycles. The molecule has 0 radical (unpaired) electrons. The summed E-state index contributed by atoms with van der Waals surface area (Å²) in [5.41, 5.74) is 8.55. The van der Waals surface area contributed by atoms with E-state index >= 15 is 0 Å². The number of nitrogen functional groups attached to an aromatic ring is 1. The summed E-state index contributed by atoms with van der Waals surface area (Å²) in [6, 6.07) is 7.57. The van der Waals surface area contributed by atoms with Crippen molar-refractivity contribution in [3.05, 3.63) is 24.3 Å². The van der Waals surface area contributed by atoms with Gasteiger partial charge in [-0.15, -0.1) is 11.8 Å². The van der Waals surface area contributed by atoms with E-state index in [0.717, 1.165) is 10.6 Å². The lowest BCUT2D eigenvalue weighted by Crippen LogP contribution is -2.30. The molecular weight excluding hydrogens is 198 g/mol. The molecule has 0 saturated heterocycles. The van der Waals surface area contributed by atoms with Gasteiger partial charge in [0.2, 0.25) is 5.91 Å². The summed E-state index contributed by atoms with van der Waals surface area (Å²) in [7, 11) is 0. The zero-order valence-electron chi connectivity index (χ0n) is 7.69. The number of carbonyl (C=O) groups is 1. The third-order valence-corrected chi connectivity index (χ3v) is 2.76. The third-order valence-electron chi connectivity index (χ3n) is 1.67. The Balaban J connectivity index is 2.39. The van der Waals surface area contributed by atoms with Crippen LogP contribution in [0.25, 0.3) is 0 Å². The van der Waals surface area contributed by atoms with E-state index < -0.39 is 0 Å². The Labute approximate surface area is 87.0 Å². The van der Waals surface area contributed by atoms with Crippen molar-refractivity contribution < 1.29 is 4.79 Å². The van der Waals surface area contributed by atoms with Gasteiger partial charge in [0, 0.05) is 22.8 Å². The molecule has 4 nitrogen and oxygen atoms in total. The van der Waals surface area contributed by atoms with Gasteiger partial charge in [0.25, 0.3) is 0 Å². The normalized spacial score (nSPS) is 9.79. The molecule has 14 heavy (non-hydrogen) atoms. The van der Waals surface area contributed by atoms with Gasteiger partial charge in [0.05, 0.1) is 0 Å². The molecule has 76 valence electrons. The number of anilines is 1. The van der Waals surface area contributed by atoms with Crippen molar-refractivity contribution in [2.45, 2.75) is 11.3 Å². The van der Waals surface area contributed by atoms with Crippen molar-refractivity contribution in [3.8, 4) is 0 Å². The monoisotopic (exact) mass is 211 g/mol. The lowest BCUT2D eigenvalue weighted by atomic mass is 10.3. The minimum atomic E-state index is -0.160. The molecular formula is C9H13N3OS. The van der Waals surface area contributed by atoms with Crippen LogP contribution in [0.4, 0.5) is 5.69 Å². The highest BCUT2D eigenvalue weighted by Crippen LogP contribution is 2.24. The molecule has 0 heterocycles. The molecule has 0 unspecified atom stereocenters. The second-order valence-electron chi connectivity index (χ2n) is 2.70. The van der Waals surface area contributed by atoms with Gasteiger partial charge in [-0.25, -0.2) is 5.84 Å². The number of hydrogen-bond acceptors (Lipinski definition) is 4. The van der Waals surface area contributed by atoms with Crippen LogP contribution in [-0.2, 0) is 4.79 Å². The van der Waals surface area contributed by atoms with Gasteiger partial charge < -0.3 is 5.73 Å². The third kappa shape index (κ3) is 3.27. The quantitative estimate of drug-likeness (QED) is 0.225. The average Bonchev–Trinajstić information content (AvgIpc) is 2.20. The first-order valence-electron chi connectivity index (χ1n) is 4.21. The second-order valence-corrected chi connectivity index (χ2v) is 3.84. The molecule has 0 fully saturated rings. The summed E-state index contributed by atoms with van der Waals surface area (Å²) in [5, 5.41) is 0. The average molecular weight is 211 g/mol. The van der Waals surface area contributed by atoms with E-state index in [4.69, 9.17) is 11.6 Å². The van der Waals surface area contributed by atoms with Crippen LogP contribution in [0.2, 0.25) is 0 Å². The molecule has 1 aromatic carbocycles. The van der Waals surface area contributed by atoms with Crippen molar-refractivity contribution >= 4 is 23.4 Å². The van der Waals surface area contributed by atoms with Crippen LogP contribution in [0.1, 0.15) is 6.42 Å². The van der Waals surface area contributed by atoms with Crippen LogP contribution in [0.15, 0.2) is 29.2 Å². The Morgan fingerprint density at radius 2 is 2.14 bits per heavy atom. The number of hydrogen-bond donors (Lipinski definition) is 3. The smallest absolute Gasteiger partial charge is 0.234 e. The van der Waals surface area contributed by atoms with Gasteiger partial charge in [-0.05, 0) is 12.1 Å². The fourth-order valence-electron chi connectivity index (χ4n) is 0.938. The number of para-hydroxylation sites is 1. The summed E-state index contributed by atoms with van der Waals surface area (Å²) >= 11 is 1.55. The second kappa shape index (κ2) is 5.51. The molecule has 0 spiro atoms. The van der Waals surface area contributed by atoms with Crippen LogP contribution >= 0.6 is 11.8 Å². The first-order valence-corrected chi connectivity index (χ1v) is 5.19. The van der Waals surface area contributed by atoms with E-state index in [0.29, 0.717) is 12.2 Å². The molecule has 0 aliphatic carbocycles. The topological polar surface area (TPSA) is 81.1 Å². The highest BCUT2D eigenvalue weighted by atomic mass is 32.2. The highest BCUT2D eigenvalue weighted by molar-refractivity contribution is 7.99. The van der Waals surface area contributed by atoms with Gasteiger partial charge in [-0.2, -0.15) is 0 Å². The standard InChI is InChI=1S/C9H13N3OS/c10-7-3-1-2-4-8(7)14-6-5-9(13)12-11/h1-4H,5-6,10-11H2,(H,12,13). The Bertz CT molecular complexity index is 317. The summed E-state index contributed by atoms with van der Waals surface area (Å²) in [5.74, 6) is 5.47. The Hall–Kier alpha value is -1.20. The summed E-state index contributed by atoms with van der Waals surface area (Å²) in [4.78, 5) is 11.8. The number of hydrazine groups is 1. The van der Waals surface area contributed by atoms with E-state index in [9.17, 15) is 4.79 Å². The Morgan fingerprint density at radius 1 is 1.43 bits per heavy atom. The number of benzene rings is 1. The predicted molar refractivity (Wildman–Crippen MR) is 58.5 cm³/mol. The molecule has 0 aromatic heterocycles. The molecule has 0 aliphatic heterocycles. The lowest BCUT2D eigenvalue weighted by molar-refractivity contribution is -0.120. The predicted octanol–water partition coefficient (Wildman–Crippen LogP) is 0.741. The first kappa shape index (κ1) is 10.9. The molecule has 1 amide bonds. The SMILES string of the molecule is NNC(=O)CCSc1ccccc1N. The van der Waals surface area contributed by atoms with Gasteiger partial charge in [0.1, 0.15) is 0 Å². The number of carbonyl (C=O) groups excluding carboxylic acids is 1. The number of rotatable bonds is 4. The molecule has 5 heteroatoms. The highest BCUT2D eigenvalue weighted by Gasteiger charge is 2.01. The zero-order valence-corrected chi connectivity index (χ0v) is 8.51. The van der Waals surface area contributed by atoms with Crippen LogP contribution in [0.3, 0.4) is 0 Å². The van der Waals surface area contributed by atoms with Crippen molar-refractivity contribution in [1.29, 1.82) is 0 Å². The molecule has 0 aliphatic rings. The number of nitrogens with one attached hydrogen (secondary N) is 1. The van der Waals surface area contributed by atoms with Crippen molar-refractivity contribution in [2.24, 2.45) is 5.84 Å². The van der Waals surface area contributed by atoms with Crippen LogP contribution < -0.4 is 17.0 Å². The largest absolute Gasteiger partial charge is 0.398 e. The van der Waals surface area contributed by atoms with E-state index in [1.807, 2.05) is 24.3 Å². The van der Waals surface area contributed by atoms with Gasteiger partial charge >= 0.3 is 0 Å². The molecule has 1 rings (SSSR count). The van der Waals surface area contributed by atoms with Crippen molar-refractivity contribution in [2.75, 3.05) is 11.5 Å². The maximum absolute atomic E-state index is 10.8. The van der Waals surface area contributed by atoms with Gasteiger partial charge in [0.15, 0.2) is 0 Å². The Morgan fingerprint density at radius 3 is 2.79 bits per heavy atom. The maximum Gasteiger partial charge on any atom is 0.234 e. The van der Waals surface area contributed by atoms with Crippen LogP contribution in [0.5, 0.6) is 0 Å². The molecule has 0 bridgehead atoms.